The van der Waals surface area contributed by atoms with Crippen molar-refractivity contribution in [1.82, 2.24) is 4.98 Å². The highest BCUT2D eigenvalue weighted by Crippen LogP contribution is 2.23. The number of aryl methyl sites for hydroxylation is 2. The fraction of sp³-hybridized carbons (Fsp3) is 0.154. The first-order valence-electron chi connectivity index (χ1n) is 6.22. The Hall–Kier alpha value is -2.62. The number of nitrogens with zero attached hydrogens (tertiary/aromatic N) is 2. The van der Waals surface area contributed by atoms with E-state index < -0.39 is 31.5 Å². The molecule has 0 aliphatic heterocycles. The number of nitro groups is 1. The van der Waals surface area contributed by atoms with Crippen LogP contribution in [0.5, 0.6) is 0 Å². The molecule has 0 amide bonds. The maximum Gasteiger partial charge on any atom is 0.290 e. The summed E-state index contributed by atoms with van der Waals surface area (Å²) >= 11 is 0. The zero-order valence-electron chi connectivity index (χ0n) is 12.0. The van der Waals surface area contributed by atoms with Crippen molar-refractivity contribution in [2.75, 3.05) is 4.72 Å². The number of anilines is 1. The number of rotatable bonds is 4. The van der Waals surface area contributed by atoms with E-state index in [0.717, 1.165) is 18.2 Å². The van der Waals surface area contributed by atoms with Gasteiger partial charge < -0.3 is 0 Å². The van der Waals surface area contributed by atoms with Gasteiger partial charge in [0.05, 0.1) is 4.92 Å². The molecule has 0 saturated carbocycles. The summed E-state index contributed by atoms with van der Waals surface area (Å²) in [5.74, 6) is -2.33. The Kier molecular flexibility index (Phi) is 4.28. The average Bonchev–Trinajstić information content (AvgIpc) is 2.41. The van der Waals surface area contributed by atoms with Crippen LogP contribution in [0.25, 0.3) is 0 Å². The smallest absolute Gasteiger partial charge is 0.263 e. The predicted octanol–water partition coefficient (Wildman–Crippen LogP) is 2.69. The van der Waals surface area contributed by atoms with Crippen LogP contribution >= 0.6 is 0 Å². The van der Waals surface area contributed by atoms with Gasteiger partial charge in [-0.25, -0.2) is 22.2 Å². The van der Waals surface area contributed by atoms with Crippen LogP contribution in [0, 0.1) is 35.6 Å². The molecule has 23 heavy (non-hydrogen) atoms. The quantitative estimate of drug-likeness (QED) is 0.679. The minimum Gasteiger partial charge on any atom is -0.263 e. The SMILES string of the molecule is Cc1cc(S(=O)(=O)Nc2ccc([N+](=O)[O-])c(C)n2)c(F)cc1F. The standard InChI is InChI=1S/C13H11F2N3O4S/c1-7-5-12(10(15)6-9(7)14)23(21,22)17-13-4-3-11(18(19)20)8(2)16-13/h3-6H,1-2H3,(H,16,17). The molecule has 0 aliphatic rings. The van der Waals surface area contributed by atoms with Crippen molar-refractivity contribution in [2.24, 2.45) is 0 Å². The first-order valence-corrected chi connectivity index (χ1v) is 7.70. The highest BCUT2D eigenvalue weighted by atomic mass is 32.2. The number of hydrogen-bond donors (Lipinski definition) is 1. The number of benzene rings is 1. The molecule has 10 heteroatoms. The van der Waals surface area contributed by atoms with E-state index in [-0.39, 0.29) is 22.8 Å². The van der Waals surface area contributed by atoms with Gasteiger partial charge in [0.25, 0.3) is 15.7 Å². The molecule has 0 atom stereocenters. The first-order chi connectivity index (χ1) is 10.6. The summed E-state index contributed by atoms with van der Waals surface area (Å²) in [5.41, 5.74) is -0.331. The van der Waals surface area contributed by atoms with Gasteiger partial charge in [-0.05, 0) is 31.5 Å². The van der Waals surface area contributed by atoms with Crippen molar-refractivity contribution in [3.8, 4) is 0 Å². The lowest BCUT2D eigenvalue weighted by Gasteiger charge is -2.10. The fourth-order valence-corrected chi connectivity index (χ4v) is 2.98. The van der Waals surface area contributed by atoms with Gasteiger partial charge >= 0.3 is 0 Å². The lowest BCUT2D eigenvalue weighted by molar-refractivity contribution is -0.385. The summed E-state index contributed by atoms with van der Waals surface area (Å²) in [4.78, 5) is 13.0. The van der Waals surface area contributed by atoms with Crippen molar-refractivity contribution >= 4 is 21.5 Å². The third-order valence-corrected chi connectivity index (χ3v) is 4.37. The Labute approximate surface area is 130 Å². The molecule has 0 radical (unpaired) electrons. The van der Waals surface area contributed by atoms with E-state index in [1.165, 1.54) is 13.8 Å². The van der Waals surface area contributed by atoms with Crippen LogP contribution in [0.3, 0.4) is 0 Å². The first kappa shape index (κ1) is 16.7. The largest absolute Gasteiger partial charge is 0.290 e. The molecule has 0 unspecified atom stereocenters. The number of sulfonamides is 1. The van der Waals surface area contributed by atoms with Crippen molar-refractivity contribution in [3.63, 3.8) is 0 Å². The van der Waals surface area contributed by atoms with E-state index in [4.69, 9.17) is 0 Å². The van der Waals surface area contributed by atoms with Crippen LogP contribution in [-0.4, -0.2) is 18.3 Å². The Morgan fingerprint density at radius 2 is 1.83 bits per heavy atom. The summed E-state index contributed by atoms with van der Waals surface area (Å²) in [7, 11) is -4.36. The summed E-state index contributed by atoms with van der Waals surface area (Å²) in [6.45, 7) is 2.63. The maximum atomic E-state index is 13.7. The van der Waals surface area contributed by atoms with E-state index in [9.17, 15) is 27.3 Å². The molecular weight excluding hydrogens is 332 g/mol. The molecule has 1 N–H and O–H groups in total. The second-order valence-corrected chi connectivity index (χ2v) is 6.35. The number of hydrogen-bond acceptors (Lipinski definition) is 5. The van der Waals surface area contributed by atoms with Crippen LogP contribution in [0.15, 0.2) is 29.2 Å². The Morgan fingerprint density at radius 3 is 2.39 bits per heavy atom. The second-order valence-electron chi connectivity index (χ2n) is 4.70. The molecule has 0 aliphatic carbocycles. The molecule has 0 saturated heterocycles. The van der Waals surface area contributed by atoms with Crippen molar-refractivity contribution in [3.05, 3.63) is 57.3 Å². The van der Waals surface area contributed by atoms with Crippen LogP contribution < -0.4 is 4.72 Å². The van der Waals surface area contributed by atoms with Gasteiger partial charge in [0, 0.05) is 12.1 Å². The number of pyridine rings is 1. The zero-order chi connectivity index (χ0) is 17.4. The molecule has 0 spiro atoms. The third-order valence-electron chi connectivity index (χ3n) is 3.00. The van der Waals surface area contributed by atoms with Crippen molar-refractivity contribution in [2.45, 2.75) is 18.7 Å². The molecular formula is C13H11F2N3O4S. The normalized spacial score (nSPS) is 11.3. The molecule has 0 fully saturated rings. The van der Waals surface area contributed by atoms with Crippen LogP contribution in [0.4, 0.5) is 20.3 Å². The van der Waals surface area contributed by atoms with Gasteiger partial charge in [-0.3, -0.25) is 14.8 Å². The molecule has 1 aromatic heterocycles. The maximum absolute atomic E-state index is 13.7. The van der Waals surface area contributed by atoms with Crippen molar-refractivity contribution < 1.29 is 22.1 Å². The van der Waals surface area contributed by atoms with Crippen LogP contribution in [-0.2, 0) is 10.0 Å². The summed E-state index contributed by atoms with van der Waals surface area (Å²) < 4.78 is 53.3. The lowest BCUT2D eigenvalue weighted by atomic mass is 10.2. The summed E-state index contributed by atoms with van der Waals surface area (Å²) in [5, 5.41) is 10.7. The highest BCUT2D eigenvalue weighted by molar-refractivity contribution is 7.92. The molecule has 7 nitrogen and oxygen atoms in total. The van der Waals surface area contributed by atoms with Crippen LogP contribution in [0.2, 0.25) is 0 Å². The highest BCUT2D eigenvalue weighted by Gasteiger charge is 2.22. The Morgan fingerprint density at radius 1 is 1.17 bits per heavy atom. The third kappa shape index (κ3) is 3.42. The monoisotopic (exact) mass is 343 g/mol. The predicted molar refractivity (Wildman–Crippen MR) is 77.5 cm³/mol. The molecule has 1 heterocycles. The molecule has 2 rings (SSSR count). The van der Waals surface area contributed by atoms with E-state index >= 15 is 0 Å². The van der Waals surface area contributed by atoms with E-state index in [1.54, 1.807) is 0 Å². The number of halogens is 2. The Bertz CT molecular complexity index is 900. The van der Waals surface area contributed by atoms with Gasteiger partial charge in [-0.1, -0.05) is 0 Å². The van der Waals surface area contributed by atoms with E-state index in [0.29, 0.717) is 6.07 Å². The molecule has 122 valence electrons. The second kappa shape index (κ2) is 5.88. The summed E-state index contributed by atoms with van der Waals surface area (Å²) in [6, 6.07) is 3.48. The van der Waals surface area contributed by atoms with E-state index in [2.05, 4.69) is 4.98 Å². The van der Waals surface area contributed by atoms with Crippen LogP contribution in [0.1, 0.15) is 11.3 Å². The minimum atomic E-state index is -4.36. The van der Waals surface area contributed by atoms with Gasteiger partial charge in [0.1, 0.15) is 28.0 Å². The Balaban J connectivity index is 2.41. The molecule has 2 aromatic rings. The molecule has 0 bridgehead atoms. The van der Waals surface area contributed by atoms with Crippen molar-refractivity contribution in [1.29, 1.82) is 0 Å². The van der Waals surface area contributed by atoms with E-state index in [1.807, 2.05) is 4.72 Å². The summed E-state index contributed by atoms with van der Waals surface area (Å²) in [6.07, 6.45) is 0. The van der Waals surface area contributed by atoms with Gasteiger partial charge in [0.2, 0.25) is 0 Å². The van der Waals surface area contributed by atoms with Gasteiger partial charge in [-0.2, -0.15) is 0 Å². The number of nitrogens with one attached hydrogen (secondary N) is 1. The topological polar surface area (TPSA) is 102 Å². The minimum absolute atomic E-state index is 0.00837. The van der Waals surface area contributed by atoms with Gasteiger partial charge in [0.15, 0.2) is 0 Å². The lowest BCUT2D eigenvalue weighted by Crippen LogP contribution is -2.16. The number of aromatic nitrogens is 1. The molecule has 1 aromatic carbocycles. The zero-order valence-corrected chi connectivity index (χ0v) is 12.8. The average molecular weight is 343 g/mol. The fourth-order valence-electron chi connectivity index (χ4n) is 1.83. The van der Waals surface area contributed by atoms with Gasteiger partial charge in [-0.15, -0.1) is 0 Å².